The maximum atomic E-state index is 12.6. The van der Waals surface area contributed by atoms with Crippen molar-refractivity contribution in [1.82, 2.24) is 24.8 Å². The third kappa shape index (κ3) is 5.05. The van der Waals surface area contributed by atoms with Gasteiger partial charge in [0.25, 0.3) is 0 Å². The molecule has 0 unspecified atom stereocenters. The van der Waals surface area contributed by atoms with Crippen molar-refractivity contribution in [1.29, 1.82) is 0 Å². The summed E-state index contributed by atoms with van der Waals surface area (Å²) in [5.41, 5.74) is 5.67. The zero-order chi connectivity index (χ0) is 24.5. The van der Waals surface area contributed by atoms with Crippen molar-refractivity contribution in [3.8, 4) is 16.9 Å². The fourth-order valence-corrected chi connectivity index (χ4v) is 4.28. The molecule has 0 atom stereocenters. The Morgan fingerprint density at radius 1 is 1.12 bits per heavy atom. The van der Waals surface area contributed by atoms with E-state index in [4.69, 9.17) is 5.14 Å². The number of aromatic nitrogens is 5. The quantitative estimate of drug-likeness (QED) is 0.418. The lowest BCUT2D eigenvalue weighted by Crippen LogP contribution is -2.13. The molecule has 0 saturated carbocycles. The zero-order valence-electron chi connectivity index (χ0n) is 19.1. The van der Waals surface area contributed by atoms with Crippen molar-refractivity contribution in [3.05, 3.63) is 71.7 Å². The predicted molar refractivity (Wildman–Crippen MR) is 128 cm³/mol. The van der Waals surface area contributed by atoms with Crippen molar-refractivity contribution in [2.45, 2.75) is 31.6 Å². The number of nitrogens with one attached hydrogen (secondary N) is 1. The Kier molecular flexibility index (Phi) is 6.31. The molecule has 0 fully saturated rings. The van der Waals surface area contributed by atoms with E-state index in [0.29, 0.717) is 17.8 Å². The first-order chi connectivity index (χ1) is 16.1. The number of aryl methyl sites for hydroxylation is 2. The third-order valence-electron chi connectivity index (χ3n) is 5.50. The molecule has 0 radical (unpaired) electrons. The number of nitrogens with two attached hydrogens (primary N) is 1. The minimum Gasteiger partial charge on any atom is -0.326 e. The van der Waals surface area contributed by atoms with E-state index >= 15 is 0 Å². The van der Waals surface area contributed by atoms with E-state index in [-0.39, 0.29) is 17.2 Å². The molecular formula is C23H25N7O3S. The fraction of sp³-hybridized carbons (Fsp3) is 0.217. The summed E-state index contributed by atoms with van der Waals surface area (Å²) >= 11 is 0. The summed E-state index contributed by atoms with van der Waals surface area (Å²) in [7, 11) is -1.96. The Hall–Kier alpha value is -3.83. The number of carbonyl (C=O) groups excluding carboxylic acids is 1. The molecule has 0 aliphatic rings. The standard InChI is InChI=1S/C23H25N7O3S/c1-15-21(16(2)30(27-15)19-7-9-20(10-8-19)34(24,32)33)11-12-23(31)25-18-6-4-5-17(13-18)22-14-29(3)28-26-22/h4-10,13-14H,11-12H2,1-3H3,(H,25,31)(H2,24,32,33). The van der Waals surface area contributed by atoms with Gasteiger partial charge < -0.3 is 5.32 Å². The van der Waals surface area contributed by atoms with Crippen LogP contribution in [0.4, 0.5) is 5.69 Å². The van der Waals surface area contributed by atoms with Gasteiger partial charge in [0.05, 0.1) is 22.5 Å². The lowest BCUT2D eigenvalue weighted by molar-refractivity contribution is -0.116. The van der Waals surface area contributed by atoms with Gasteiger partial charge >= 0.3 is 0 Å². The van der Waals surface area contributed by atoms with Crippen LogP contribution in [0.2, 0.25) is 0 Å². The van der Waals surface area contributed by atoms with Crippen LogP contribution < -0.4 is 10.5 Å². The van der Waals surface area contributed by atoms with Crippen LogP contribution in [0.15, 0.2) is 59.6 Å². The third-order valence-corrected chi connectivity index (χ3v) is 6.43. The molecule has 2 aromatic carbocycles. The second kappa shape index (κ2) is 9.20. The van der Waals surface area contributed by atoms with Crippen molar-refractivity contribution < 1.29 is 13.2 Å². The Morgan fingerprint density at radius 2 is 1.85 bits per heavy atom. The summed E-state index contributed by atoms with van der Waals surface area (Å²) in [6.45, 7) is 3.81. The molecule has 2 aromatic heterocycles. The predicted octanol–water partition coefficient (Wildman–Crippen LogP) is 2.50. The molecule has 4 rings (SSSR count). The molecule has 4 aromatic rings. The summed E-state index contributed by atoms with van der Waals surface area (Å²) in [5, 5.41) is 20.7. The van der Waals surface area contributed by atoms with Crippen molar-refractivity contribution >= 4 is 21.6 Å². The van der Waals surface area contributed by atoms with Crippen molar-refractivity contribution in [3.63, 3.8) is 0 Å². The van der Waals surface area contributed by atoms with Crippen LogP contribution in [0.25, 0.3) is 16.9 Å². The van der Waals surface area contributed by atoms with Gasteiger partial charge in [0.2, 0.25) is 15.9 Å². The molecule has 1 amide bonds. The SMILES string of the molecule is Cc1nn(-c2ccc(S(N)(=O)=O)cc2)c(C)c1CCC(=O)Nc1cccc(-c2cn(C)nn2)c1. The second-order valence-electron chi connectivity index (χ2n) is 8.01. The highest BCUT2D eigenvalue weighted by Crippen LogP contribution is 2.22. The first kappa shape index (κ1) is 23.3. The van der Waals surface area contributed by atoms with Gasteiger partial charge in [0.15, 0.2) is 0 Å². The molecule has 34 heavy (non-hydrogen) atoms. The summed E-state index contributed by atoms with van der Waals surface area (Å²) in [4.78, 5) is 12.7. The van der Waals surface area contributed by atoms with Gasteiger partial charge in [-0.05, 0) is 62.2 Å². The molecule has 11 heteroatoms. The molecule has 2 heterocycles. The monoisotopic (exact) mass is 479 g/mol. The topological polar surface area (TPSA) is 138 Å². The number of nitrogens with zero attached hydrogens (tertiary/aromatic N) is 5. The average molecular weight is 480 g/mol. The Morgan fingerprint density at radius 3 is 2.50 bits per heavy atom. The summed E-state index contributed by atoms with van der Waals surface area (Å²) in [5.74, 6) is -0.111. The number of hydrogen-bond donors (Lipinski definition) is 2. The zero-order valence-corrected chi connectivity index (χ0v) is 19.9. The molecule has 10 nitrogen and oxygen atoms in total. The van der Waals surface area contributed by atoms with E-state index < -0.39 is 10.0 Å². The van der Waals surface area contributed by atoms with Crippen molar-refractivity contribution in [2.75, 3.05) is 5.32 Å². The number of rotatable bonds is 7. The van der Waals surface area contributed by atoms with E-state index in [0.717, 1.165) is 28.2 Å². The minimum atomic E-state index is -3.76. The normalized spacial score (nSPS) is 11.5. The molecule has 3 N–H and O–H groups in total. The van der Waals surface area contributed by atoms with E-state index in [1.807, 2.05) is 44.3 Å². The molecule has 0 aliphatic carbocycles. The lowest BCUT2D eigenvalue weighted by atomic mass is 10.1. The minimum absolute atomic E-state index is 0.0399. The van der Waals surface area contributed by atoms with Crippen LogP contribution in [0.3, 0.4) is 0 Å². The van der Waals surface area contributed by atoms with Gasteiger partial charge in [-0.1, -0.05) is 17.3 Å². The second-order valence-corrected chi connectivity index (χ2v) is 9.57. The maximum absolute atomic E-state index is 12.6. The lowest BCUT2D eigenvalue weighted by Gasteiger charge is -2.08. The maximum Gasteiger partial charge on any atom is 0.238 e. The first-order valence-corrected chi connectivity index (χ1v) is 12.1. The average Bonchev–Trinajstić information content (AvgIpc) is 3.35. The van der Waals surface area contributed by atoms with E-state index in [1.165, 1.54) is 12.1 Å². The highest BCUT2D eigenvalue weighted by molar-refractivity contribution is 7.89. The number of hydrogen-bond acceptors (Lipinski definition) is 6. The van der Waals surface area contributed by atoms with Gasteiger partial charge in [-0.15, -0.1) is 5.10 Å². The number of anilines is 1. The summed E-state index contributed by atoms with van der Waals surface area (Å²) in [6, 6.07) is 13.7. The smallest absolute Gasteiger partial charge is 0.238 e. The van der Waals surface area contributed by atoms with Gasteiger partial charge in [-0.3, -0.25) is 9.48 Å². The van der Waals surface area contributed by atoms with E-state index in [9.17, 15) is 13.2 Å². The van der Waals surface area contributed by atoms with Crippen LogP contribution >= 0.6 is 0 Å². The van der Waals surface area contributed by atoms with Gasteiger partial charge in [-0.2, -0.15) is 5.10 Å². The molecule has 0 spiro atoms. The molecular weight excluding hydrogens is 454 g/mol. The molecule has 0 aliphatic heterocycles. The molecule has 176 valence electrons. The van der Waals surface area contributed by atoms with E-state index in [2.05, 4.69) is 20.7 Å². The Labute approximate surface area is 197 Å². The van der Waals surface area contributed by atoms with Gasteiger partial charge in [-0.25, -0.2) is 18.2 Å². The first-order valence-electron chi connectivity index (χ1n) is 10.6. The molecule has 0 bridgehead atoms. The number of carbonyl (C=O) groups is 1. The number of primary sulfonamides is 1. The van der Waals surface area contributed by atoms with Crippen molar-refractivity contribution in [2.24, 2.45) is 12.2 Å². The Balaban J connectivity index is 1.44. The van der Waals surface area contributed by atoms with Gasteiger partial charge in [0.1, 0.15) is 5.69 Å². The van der Waals surface area contributed by atoms with Crippen LogP contribution in [-0.4, -0.2) is 39.1 Å². The van der Waals surface area contributed by atoms with Crippen LogP contribution in [0, 0.1) is 13.8 Å². The van der Waals surface area contributed by atoms with E-state index in [1.54, 1.807) is 28.5 Å². The van der Waals surface area contributed by atoms with Crippen LogP contribution in [0.5, 0.6) is 0 Å². The summed E-state index contributed by atoms with van der Waals surface area (Å²) in [6.07, 6.45) is 2.61. The largest absolute Gasteiger partial charge is 0.326 e. The Bertz CT molecular complexity index is 1450. The summed E-state index contributed by atoms with van der Waals surface area (Å²) < 4.78 is 26.3. The van der Waals surface area contributed by atoms with Crippen LogP contribution in [-0.2, 0) is 28.3 Å². The fourth-order valence-electron chi connectivity index (χ4n) is 3.76. The molecule has 0 saturated heterocycles. The van der Waals surface area contributed by atoms with Gasteiger partial charge in [0, 0.05) is 30.4 Å². The highest BCUT2D eigenvalue weighted by atomic mass is 32.2. The van der Waals surface area contributed by atoms with Crippen LogP contribution in [0.1, 0.15) is 23.4 Å². The number of benzene rings is 2. The number of sulfonamides is 1. The highest BCUT2D eigenvalue weighted by Gasteiger charge is 2.15. The number of amides is 1.